The maximum Gasteiger partial charge on any atom is 0.472 e. The lowest BCUT2D eigenvalue weighted by molar-refractivity contribution is -0.154. The summed E-state index contributed by atoms with van der Waals surface area (Å²) in [5.41, 5.74) is 5.38. The number of phosphoric acid groups is 1. The number of carbonyl (C=O) groups excluding carboxylic acids is 1. The van der Waals surface area contributed by atoms with E-state index < -0.39 is 13.9 Å². The number of phosphoric ester groups is 1. The topological polar surface area (TPSA) is 117 Å². The molecule has 0 aromatic carbocycles. The molecule has 8 nitrogen and oxygen atoms in total. The maximum absolute atomic E-state index is 12.6. The number of hydrogen-bond acceptors (Lipinski definition) is 7. The van der Waals surface area contributed by atoms with Crippen LogP contribution in [0.4, 0.5) is 0 Å². The molecule has 0 saturated carbocycles. The molecule has 0 bridgehead atoms. The summed E-state index contributed by atoms with van der Waals surface area (Å²) in [5, 5.41) is 0. The highest BCUT2D eigenvalue weighted by Crippen LogP contribution is 2.43. The quantitative estimate of drug-likeness (QED) is 0.0270. The first kappa shape index (κ1) is 55.2. The van der Waals surface area contributed by atoms with Crippen molar-refractivity contribution in [1.82, 2.24) is 0 Å². The molecule has 0 spiro atoms. The molecule has 2 atom stereocenters. The summed E-state index contributed by atoms with van der Waals surface area (Å²) in [7, 11) is -4.27. The first-order valence-electron chi connectivity index (χ1n) is 24.2. The summed E-state index contributed by atoms with van der Waals surface area (Å²) in [6, 6.07) is 0. The van der Waals surface area contributed by atoms with Gasteiger partial charge in [-0.2, -0.15) is 0 Å². The van der Waals surface area contributed by atoms with Gasteiger partial charge in [0.1, 0.15) is 6.10 Å². The highest BCUT2D eigenvalue weighted by Gasteiger charge is 2.25. The number of hydrogen-bond donors (Lipinski definition) is 2. The minimum absolute atomic E-state index is 0.0924. The molecule has 9 heteroatoms. The van der Waals surface area contributed by atoms with Gasteiger partial charge < -0.3 is 20.1 Å². The van der Waals surface area contributed by atoms with E-state index in [9.17, 15) is 14.3 Å². The molecule has 334 valence electrons. The summed E-state index contributed by atoms with van der Waals surface area (Å²) in [4.78, 5) is 22.5. The Morgan fingerprint density at radius 1 is 0.518 bits per heavy atom. The second-order valence-electron chi connectivity index (χ2n) is 16.3. The average molecular weight is 816 g/mol. The second kappa shape index (κ2) is 45.3. The Morgan fingerprint density at radius 3 is 1.30 bits per heavy atom. The molecule has 0 aromatic rings. The van der Waals surface area contributed by atoms with E-state index in [2.05, 4.69) is 26.0 Å². The maximum atomic E-state index is 12.6. The molecule has 2 unspecified atom stereocenters. The minimum Gasteiger partial charge on any atom is -0.457 e. The molecule has 0 heterocycles. The van der Waals surface area contributed by atoms with Gasteiger partial charge in [0.2, 0.25) is 0 Å². The van der Waals surface area contributed by atoms with Gasteiger partial charge in [0.15, 0.2) is 0 Å². The van der Waals surface area contributed by atoms with E-state index in [0.29, 0.717) is 13.0 Å². The van der Waals surface area contributed by atoms with Crippen LogP contribution in [-0.2, 0) is 27.9 Å². The zero-order valence-electron chi connectivity index (χ0n) is 37.1. The van der Waals surface area contributed by atoms with Gasteiger partial charge in [-0.15, -0.1) is 0 Å². The molecular weight excluding hydrogens is 721 g/mol. The molecule has 0 fully saturated rings. The number of carbonyl (C=O) groups is 1. The van der Waals surface area contributed by atoms with Crippen LogP contribution in [-0.4, -0.2) is 49.9 Å². The normalized spacial score (nSPS) is 13.4. The third-order valence-corrected chi connectivity index (χ3v) is 11.7. The zero-order chi connectivity index (χ0) is 40.9. The fraction of sp³-hybridized carbons (Fsp3) is 0.936. The summed E-state index contributed by atoms with van der Waals surface area (Å²) in [6.07, 6.45) is 49.5. The van der Waals surface area contributed by atoms with Crippen molar-refractivity contribution in [2.45, 2.75) is 251 Å². The summed E-state index contributed by atoms with van der Waals surface area (Å²) < 4.78 is 33.5. The number of rotatable bonds is 47. The van der Waals surface area contributed by atoms with Gasteiger partial charge in [0.25, 0.3) is 0 Å². The first-order valence-corrected chi connectivity index (χ1v) is 25.7. The largest absolute Gasteiger partial charge is 0.472 e. The van der Waals surface area contributed by atoms with Gasteiger partial charge >= 0.3 is 13.8 Å². The molecule has 0 radical (unpaired) electrons. The number of nitrogens with two attached hydrogens (primary N) is 1. The van der Waals surface area contributed by atoms with Crippen molar-refractivity contribution in [3.63, 3.8) is 0 Å². The Bertz CT molecular complexity index is 873. The molecule has 0 saturated heterocycles. The van der Waals surface area contributed by atoms with Crippen molar-refractivity contribution in [3.05, 3.63) is 12.2 Å². The lowest BCUT2D eigenvalue weighted by Crippen LogP contribution is -2.28. The predicted octanol–water partition coefficient (Wildman–Crippen LogP) is 14.6. The van der Waals surface area contributed by atoms with Crippen LogP contribution in [0, 0.1) is 0 Å². The summed E-state index contributed by atoms with van der Waals surface area (Å²) >= 11 is 0. The first-order chi connectivity index (χ1) is 27.4. The Hall–Kier alpha value is -0.760. The van der Waals surface area contributed by atoms with Gasteiger partial charge in [-0.1, -0.05) is 212 Å². The van der Waals surface area contributed by atoms with E-state index in [-0.39, 0.29) is 32.3 Å². The fourth-order valence-electron chi connectivity index (χ4n) is 7.11. The second-order valence-corrected chi connectivity index (χ2v) is 17.8. The van der Waals surface area contributed by atoms with Gasteiger partial charge in [-0.05, 0) is 38.5 Å². The van der Waals surface area contributed by atoms with Crippen molar-refractivity contribution in [2.75, 3.05) is 33.0 Å². The molecule has 0 aliphatic heterocycles. The Balaban J connectivity index is 3.94. The highest BCUT2D eigenvalue weighted by molar-refractivity contribution is 7.47. The van der Waals surface area contributed by atoms with Crippen molar-refractivity contribution < 1.29 is 32.8 Å². The zero-order valence-corrected chi connectivity index (χ0v) is 38.0. The summed E-state index contributed by atoms with van der Waals surface area (Å²) in [6.45, 7) is 4.97. The molecule has 56 heavy (non-hydrogen) atoms. The van der Waals surface area contributed by atoms with E-state index in [1.54, 1.807) is 0 Å². The molecular formula is C47H94NO7P. The number of allylic oxidation sites excluding steroid dienone is 2. The Labute approximate surface area is 347 Å². The van der Waals surface area contributed by atoms with Crippen molar-refractivity contribution in [1.29, 1.82) is 0 Å². The SMILES string of the molecule is CCCCCCCCC/C=C\CCCCCCCCCCOCC(COP(=O)(O)OCCN)OC(=O)CCCCCCCCCCCCCCCCCCCC. The van der Waals surface area contributed by atoms with Crippen LogP contribution >= 0.6 is 7.82 Å². The van der Waals surface area contributed by atoms with E-state index in [4.69, 9.17) is 24.3 Å². The van der Waals surface area contributed by atoms with E-state index in [1.807, 2.05) is 0 Å². The molecule has 0 aliphatic carbocycles. The van der Waals surface area contributed by atoms with Crippen LogP contribution in [0.5, 0.6) is 0 Å². The fourth-order valence-corrected chi connectivity index (χ4v) is 7.88. The highest BCUT2D eigenvalue weighted by atomic mass is 31.2. The number of unbranched alkanes of at least 4 members (excludes halogenated alkanes) is 32. The third-order valence-electron chi connectivity index (χ3n) is 10.7. The standard InChI is InChI=1S/C47H94NO7P/c1-3-5-7-9-11-13-15-17-19-21-23-25-27-29-31-33-35-37-39-42-52-44-46(45-54-56(50,51)53-43-41-48)55-47(49)40-38-36-34-32-30-28-26-24-22-20-18-16-14-12-10-8-6-4-2/h19,21,46H,3-18,20,22-45,48H2,1-2H3,(H,50,51)/b21-19-. The smallest absolute Gasteiger partial charge is 0.457 e. The van der Waals surface area contributed by atoms with E-state index in [0.717, 1.165) is 32.1 Å². The van der Waals surface area contributed by atoms with Crippen LogP contribution in [0.2, 0.25) is 0 Å². The van der Waals surface area contributed by atoms with Crippen LogP contribution < -0.4 is 5.73 Å². The van der Waals surface area contributed by atoms with Crippen molar-refractivity contribution in [2.24, 2.45) is 5.73 Å². The molecule has 0 aromatic heterocycles. The van der Waals surface area contributed by atoms with E-state index in [1.165, 1.54) is 193 Å². The average Bonchev–Trinajstić information content (AvgIpc) is 3.19. The van der Waals surface area contributed by atoms with E-state index >= 15 is 0 Å². The number of ether oxygens (including phenoxy) is 2. The molecule has 0 aliphatic rings. The lowest BCUT2D eigenvalue weighted by atomic mass is 10.0. The molecule has 0 rings (SSSR count). The van der Waals surface area contributed by atoms with Gasteiger partial charge in [0.05, 0.1) is 19.8 Å². The van der Waals surface area contributed by atoms with Crippen LogP contribution in [0.1, 0.15) is 245 Å². The van der Waals surface area contributed by atoms with Gasteiger partial charge in [0, 0.05) is 19.6 Å². The third kappa shape index (κ3) is 44.3. The van der Waals surface area contributed by atoms with Crippen LogP contribution in [0.3, 0.4) is 0 Å². The van der Waals surface area contributed by atoms with Crippen LogP contribution in [0.25, 0.3) is 0 Å². The Kier molecular flexibility index (Phi) is 44.7. The lowest BCUT2D eigenvalue weighted by Gasteiger charge is -2.20. The Morgan fingerprint density at radius 2 is 0.893 bits per heavy atom. The minimum atomic E-state index is -4.27. The molecule has 3 N–H and O–H groups in total. The monoisotopic (exact) mass is 816 g/mol. The molecule has 0 amide bonds. The van der Waals surface area contributed by atoms with Crippen molar-refractivity contribution in [3.8, 4) is 0 Å². The number of esters is 1. The predicted molar refractivity (Wildman–Crippen MR) is 238 cm³/mol. The van der Waals surface area contributed by atoms with Crippen molar-refractivity contribution >= 4 is 13.8 Å². The van der Waals surface area contributed by atoms with Crippen LogP contribution in [0.15, 0.2) is 12.2 Å². The van der Waals surface area contributed by atoms with Gasteiger partial charge in [-0.25, -0.2) is 4.57 Å². The van der Waals surface area contributed by atoms with Gasteiger partial charge in [-0.3, -0.25) is 13.8 Å². The summed E-state index contributed by atoms with van der Waals surface area (Å²) in [5.74, 6) is -0.325.